The third kappa shape index (κ3) is 5.03. The Bertz CT molecular complexity index is 964. The van der Waals surface area contributed by atoms with Gasteiger partial charge in [0.2, 0.25) is 5.91 Å². The monoisotopic (exact) mass is 510 g/mol. The van der Waals surface area contributed by atoms with Crippen molar-refractivity contribution in [3.8, 4) is 0 Å². The fourth-order valence-corrected chi connectivity index (χ4v) is 6.37. The van der Waals surface area contributed by atoms with Gasteiger partial charge in [0.1, 0.15) is 0 Å². The predicted octanol–water partition coefficient (Wildman–Crippen LogP) is 4.22. The predicted molar refractivity (Wildman–Crippen MR) is 135 cm³/mol. The number of piperazine rings is 1. The number of fused-ring (bicyclic) bond motifs is 2. The number of pyridine rings is 1. The van der Waals surface area contributed by atoms with Gasteiger partial charge < -0.3 is 9.80 Å². The van der Waals surface area contributed by atoms with Crippen LogP contribution in [-0.4, -0.2) is 71.9 Å². The molecule has 0 N–H and O–H groups in total. The van der Waals surface area contributed by atoms with Crippen LogP contribution in [0.2, 0.25) is 0 Å². The number of carbonyl (C=O) groups excluding carboxylic acids is 1. The highest BCUT2D eigenvalue weighted by atomic mass is 79.9. The van der Waals surface area contributed by atoms with Gasteiger partial charge in [0.25, 0.3) is 0 Å². The first-order valence-corrected chi connectivity index (χ1v) is 13.2. The van der Waals surface area contributed by atoms with Crippen molar-refractivity contribution in [2.75, 3.05) is 46.3 Å². The highest BCUT2D eigenvalue weighted by Crippen LogP contribution is 2.37. The van der Waals surface area contributed by atoms with Crippen molar-refractivity contribution >= 4 is 21.8 Å². The standard InChI is InChI=1S/C27H35BrN4O/c1-19-5-8-24-21(14-19)6-7-22-16-23(28)17-29-26(22)27(24)32-12-10-31(11-13-32)25(33)15-20-4-3-9-30(2)18-20/h5,8,14,16-17,20,27H,3-4,6-7,9-13,15,18H2,1-2H3. The van der Waals surface area contributed by atoms with E-state index in [1.807, 2.05) is 6.20 Å². The maximum atomic E-state index is 13.1. The van der Waals surface area contributed by atoms with E-state index >= 15 is 0 Å². The van der Waals surface area contributed by atoms with Gasteiger partial charge >= 0.3 is 0 Å². The summed E-state index contributed by atoms with van der Waals surface area (Å²) in [5, 5.41) is 0. The first-order valence-electron chi connectivity index (χ1n) is 12.4. The molecule has 1 aromatic carbocycles. The number of aromatic nitrogens is 1. The van der Waals surface area contributed by atoms with E-state index in [2.05, 4.69) is 68.9 Å². The Morgan fingerprint density at radius 3 is 2.67 bits per heavy atom. The molecule has 176 valence electrons. The van der Waals surface area contributed by atoms with Crippen molar-refractivity contribution in [1.82, 2.24) is 19.7 Å². The van der Waals surface area contributed by atoms with Crippen LogP contribution in [0.4, 0.5) is 0 Å². The molecule has 2 atom stereocenters. The molecule has 0 radical (unpaired) electrons. The molecule has 3 heterocycles. The lowest BCUT2D eigenvalue weighted by molar-refractivity contribution is -0.134. The highest BCUT2D eigenvalue weighted by molar-refractivity contribution is 9.10. The third-order valence-electron chi connectivity index (χ3n) is 7.70. The molecule has 1 amide bonds. The Hall–Kier alpha value is -1.76. The number of amides is 1. The summed E-state index contributed by atoms with van der Waals surface area (Å²) >= 11 is 3.62. The number of rotatable bonds is 3. The zero-order valence-electron chi connectivity index (χ0n) is 19.9. The first-order chi connectivity index (χ1) is 16.0. The van der Waals surface area contributed by atoms with Gasteiger partial charge in [0.15, 0.2) is 0 Å². The molecule has 2 saturated heterocycles. The summed E-state index contributed by atoms with van der Waals surface area (Å²) in [6.45, 7) is 7.81. The molecule has 6 heteroatoms. The Balaban J connectivity index is 1.33. The molecule has 2 aromatic rings. The van der Waals surface area contributed by atoms with Crippen LogP contribution in [0.1, 0.15) is 53.3 Å². The number of hydrogen-bond acceptors (Lipinski definition) is 4. The number of benzene rings is 1. The van der Waals surface area contributed by atoms with Crippen LogP contribution in [0.3, 0.4) is 0 Å². The smallest absolute Gasteiger partial charge is 0.222 e. The van der Waals surface area contributed by atoms with Crippen LogP contribution in [0, 0.1) is 12.8 Å². The normalized spacial score (nSPS) is 24.2. The zero-order valence-corrected chi connectivity index (χ0v) is 21.5. The van der Waals surface area contributed by atoms with Gasteiger partial charge in [-0.25, -0.2) is 0 Å². The second-order valence-electron chi connectivity index (χ2n) is 10.2. The number of nitrogens with zero attached hydrogens (tertiary/aromatic N) is 4. The fourth-order valence-electron chi connectivity index (χ4n) is 5.99. The van der Waals surface area contributed by atoms with Crippen molar-refractivity contribution in [2.45, 2.75) is 45.1 Å². The Morgan fingerprint density at radius 1 is 1.09 bits per heavy atom. The molecule has 1 aliphatic carbocycles. The molecule has 0 spiro atoms. The topological polar surface area (TPSA) is 39.7 Å². The minimum atomic E-state index is 0.162. The van der Waals surface area contributed by atoms with Crippen LogP contribution in [0.15, 0.2) is 34.9 Å². The maximum Gasteiger partial charge on any atom is 0.222 e. The number of piperidine rings is 1. The lowest BCUT2D eigenvalue weighted by Gasteiger charge is -2.40. The molecular formula is C27H35BrN4O. The van der Waals surface area contributed by atoms with Crippen molar-refractivity contribution in [3.63, 3.8) is 0 Å². The van der Waals surface area contributed by atoms with Crippen molar-refractivity contribution in [3.05, 3.63) is 62.9 Å². The number of hydrogen-bond donors (Lipinski definition) is 0. The average Bonchev–Trinajstić information content (AvgIpc) is 2.95. The highest BCUT2D eigenvalue weighted by Gasteiger charge is 2.33. The SMILES string of the molecule is Cc1ccc2c(c1)CCc1cc(Br)cnc1C2N1CCN(C(=O)CC2CCCN(C)C2)CC1. The fraction of sp³-hybridized carbons (Fsp3) is 0.556. The molecule has 3 aliphatic rings. The van der Waals surface area contributed by atoms with E-state index in [9.17, 15) is 4.79 Å². The van der Waals surface area contributed by atoms with Crippen LogP contribution in [0.5, 0.6) is 0 Å². The number of aryl methyl sites for hydroxylation is 3. The molecule has 2 aliphatic heterocycles. The molecule has 5 nitrogen and oxygen atoms in total. The number of carbonyl (C=O) groups is 1. The molecule has 2 fully saturated rings. The van der Waals surface area contributed by atoms with E-state index < -0.39 is 0 Å². The van der Waals surface area contributed by atoms with Gasteiger partial charge in [0, 0.05) is 49.8 Å². The Labute approximate surface area is 206 Å². The Kier molecular flexibility index (Phi) is 6.86. The van der Waals surface area contributed by atoms with E-state index in [1.54, 1.807) is 0 Å². The van der Waals surface area contributed by atoms with E-state index in [0.717, 1.165) is 56.6 Å². The lowest BCUT2D eigenvalue weighted by atomic mass is 9.94. The van der Waals surface area contributed by atoms with Crippen molar-refractivity contribution in [2.24, 2.45) is 5.92 Å². The summed E-state index contributed by atoms with van der Waals surface area (Å²) in [5.74, 6) is 0.857. The van der Waals surface area contributed by atoms with Gasteiger partial charge in [-0.3, -0.25) is 14.7 Å². The minimum Gasteiger partial charge on any atom is -0.340 e. The lowest BCUT2D eigenvalue weighted by Crippen LogP contribution is -2.50. The van der Waals surface area contributed by atoms with Gasteiger partial charge in [-0.05, 0) is 90.8 Å². The van der Waals surface area contributed by atoms with E-state index in [4.69, 9.17) is 4.98 Å². The maximum absolute atomic E-state index is 13.1. The molecule has 33 heavy (non-hydrogen) atoms. The summed E-state index contributed by atoms with van der Waals surface area (Å²) in [4.78, 5) is 25.0. The first kappa shape index (κ1) is 23.0. The van der Waals surface area contributed by atoms with Crippen LogP contribution in [0.25, 0.3) is 0 Å². The molecule has 5 rings (SSSR count). The van der Waals surface area contributed by atoms with E-state index in [1.165, 1.54) is 40.8 Å². The molecular weight excluding hydrogens is 476 g/mol. The van der Waals surface area contributed by atoms with Crippen LogP contribution < -0.4 is 0 Å². The zero-order chi connectivity index (χ0) is 22.9. The largest absolute Gasteiger partial charge is 0.340 e. The number of halogens is 1. The summed E-state index contributed by atoms with van der Waals surface area (Å²) in [6, 6.07) is 9.30. The van der Waals surface area contributed by atoms with Crippen molar-refractivity contribution in [1.29, 1.82) is 0 Å². The van der Waals surface area contributed by atoms with Crippen LogP contribution in [-0.2, 0) is 17.6 Å². The molecule has 2 unspecified atom stereocenters. The van der Waals surface area contributed by atoms with E-state index in [-0.39, 0.29) is 6.04 Å². The molecule has 0 saturated carbocycles. The second kappa shape index (κ2) is 9.85. The van der Waals surface area contributed by atoms with Gasteiger partial charge in [0.05, 0.1) is 11.7 Å². The molecule has 0 bridgehead atoms. The summed E-state index contributed by atoms with van der Waals surface area (Å²) in [7, 11) is 2.17. The number of likely N-dealkylation sites (tertiary alicyclic amines) is 1. The van der Waals surface area contributed by atoms with Crippen LogP contribution >= 0.6 is 15.9 Å². The summed E-state index contributed by atoms with van der Waals surface area (Å²) in [6.07, 6.45) is 7.11. The van der Waals surface area contributed by atoms with Gasteiger partial charge in [-0.2, -0.15) is 0 Å². The minimum absolute atomic E-state index is 0.162. The quantitative estimate of drug-likeness (QED) is 0.619. The molecule has 1 aromatic heterocycles. The second-order valence-corrected chi connectivity index (χ2v) is 11.1. The van der Waals surface area contributed by atoms with Gasteiger partial charge in [-0.15, -0.1) is 0 Å². The summed E-state index contributed by atoms with van der Waals surface area (Å²) in [5.41, 5.74) is 6.67. The summed E-state index contributed by atoms with van der Waals surface area (Å²) < 4.78 is 1.05. The van der Waals surface area contributed by atoms with Gasteiger partial charge in [-0.1, -0.05) is 23.8 Å². The van der Waals surface area contributed by atoms with Crippen molar-refractivity contribution < 1.29 is 4.79 Å². The third-order valence-corrected chi connectivity index (χ3v) is 8.13. The Morgan fingerprint density at radius 2 is 1.88 bits per heavy atom. The average molecular weight is 512 g/mol. The van der Waals surface area contributed by atoms with E-state index in [0.29, 0.717) is 18.2 Å².